The van der Waals surface area contributed by atoms with Gasteiger partial charge in [0.15, 0.2) is 0 Å². The number of hydrogen-bond donors (Lipinski definition) is 0. The molecule has 0 fully saturated rings. The molecule has 0 atom stereocenters. The van der Waals surface area contributed by atoms with E-state index in [1.807, 2.05) is 182 Å². The summed E-state index contributed by atoms with van der Waals surface area (Å²) in [4.78, 5) is 31.3. The summed E-state index contributed by atoms with van der Waals surface area (Å²) in [5.74, 6) is 1.78. The Balaban J connectivity index is 0.000000152. The smallest absolute Gasteiger partial charge is 0.124 e. The van der Waals surface area contributed by atoms with Crippen molar-refractivity contribution in [2.45, 2.75) is 41.5 Å². The molecule has 532 valence electrons. The number of nitrogens with zero attached hydrogens (tertiary/aromatic N) is 12. The number of fused-ring (bicyclic) bond motifs is 2. The number of aliphatic imine (C=N–C) groups is 2. The molecule has 0 unspecified atom stereocenters. The Morgan fingerprint density at radius 3 is 0.934 bits per heavy atom. The summed E-state index contributed by atoms with van der Waals surface area (Å²) in [7, 11) is 0. The van der Waals surface area contributed by atoms with Gasteiger partial charge in [0.25, 0.3) is 0 Å². The average Bonchev–Trinajstić information content (AvgIpc) is 1.61. The van der Waals surface area contributed by atoms with Crippen molar-refractivity contribution < 1.29 is 42.1 Å². The molecule has 2 aromatic heterocycles. The van der Waals surface area contributed by atoms with E-state index in [1.165, 1.54) is 44.8 Å². The van der Waals surface area contributed by atoms with Gasteiger partial charge in [0.1, 0.15) is 11.6 Å². The largest absolute Gasteiger partial charge is 0.478 e. The van der Waals surface area contributed by atoms with Crippen LogP contribution in [0.5, 0.6) is 0 Å². The summed E-state index contributed by atoms with van der Waals surface area (Å²) >= 11 is 0. The van der Waals surface area contributed by atoms with E-state index in [9.17, 15) is 0 Å². The van der Waals surface area contributed by atoms with E-state index in [1.54, 1.807) is 12.7 Å². The van der Waals surface area contributed by atoms with Crippen molar-refractivity contribution in [2.75, 3.05) is 29.4 Å². The van der Waals surface area contributed by atoms with Gasteiger partial charge in [0.2, 0.25) is 0 Å². The fraction of sp³-hybridized carbons (Fsp3) is 0.0652. The molecular weight excluding hydrogens is 1660 g/mol. The average molecular weight is 1740 g/mol. The first-order chi connectivity index (χ1) is 51.1. The maximum Gasteiger partial charge on any atom is 0.124 e. The van der Waals surface area contributed by atoms with Crippen LogP contribution in [0, 0.1) is 67.0 Å². The summed E-state index contributed by atoms with van der Waals surface area (Å²) < 4.78 is 0. The number of hydrogen-bond acceptors (Lipinski definition) is 10. The van der Waals surface area contributed by atoms with Gasteiger partial charge < -0.3 is 50.0 Å². The van der Waals surface area contributed by atoms with E-state index in [0.717, 1.165) is 91.3 Å². The van der Waals surface area contributed by atoms with Gasteiger partial charge in [-0.1, -0.05) is 254 Å². The van der Waals surface area contributed by atoms with E-state index in [2.05, 4.69) is 275 Å². The first-order valence-electron chi connectivity index (χ1n) is 34.5. The van der Waals surface area contributed by atoms with Gasteiger partial charge in [0, 0.05) is 88.6 Å². The van der Waals surface area contributed by atoms with Crippen molar-refractivity contribution >= 4 is 115 Å². The number of anilines is 14. The van der Waals surface area contributed by atoms with Gasteiger partial charge in [-0.2, -0.15) is 24.3 Å². The SMILES string of the molecule is C(=Nc1ccccc1)[N-]c1ccccc1.C(=Nc1ccccc1)[N-]c1ccccc1.Cc1cc(C)c(N2[CH-]N(c3[c-]ccc(N(c4ccccc4)c4ccccc4)c3)c3ncccc32)c(C)c1.Cc1cc(C)c(N2[CH-]N(c3[c-]ccc(N(c4ccccc4)c4ccccc4)c3)c3ncccc32)c(C)c1.[Pt].[Pt]. The van der Waals surface area contributed by atoms with E-state index >= 15 is 0 Å². The zero-order chi connectivity index (χ0) is 71.4. The number of aryl methyl sites for hydroxylation is 6. The molecule has 0 N–H and O–H groups in total. The minimum absolute atomic E-state index is 0. The molecule has 0 saturated heterocycles. The van der Waals surface area contributed by atoms with Crippen molar-refractivity contribution in [2.24, 2.45) is 9.98 Å². The molecule has 12 aromatic carbocycles. The molecule has 16 rings (SSSR count). The van der Waals surface area contributed by atoms with Crippen molar-refractivity contribution in [3.63, 3.8) is 0 Å². The number of aromatic nitrogens is 2. The first-order valence-corrected chi connectivity index (χ1v) is 34.5. The standard InChI is InChI=1S/2C33H28N4.2C13H11N2.2Pt/c2*1-24-20-25(2)32(26(3)21-24)36-23-35(33-31(36)18-11-19-34-33)29-16-10-17-30(22-29)37(27-12-6-4-7-13-27)28-14-8-5-9-15-28;2*1-3-7-12(8-4-1)14-11-15-13-9-5-2-6-10-13;;/h2*4-15,17-23H,1-3H3;2*1-11H;;/q2*-2;2*-1;;. The zero-order valence-electron chi connectivity index (χ0n) is 59.6. The second kappa shape index (κ2) is 37.0. The van der Waals surface area contributed by atoms with Gasteiger partial charge >= 0.3 is 0 Å². The predicted molar refractivity (Wildman–Crippen MR) is 435 cm³/mol. The molecule has 14 aromatic rings. The van der Waals surface area contributed by atoms with Crippen LogP contribution < -0.4 is 29.4 Å². The Morgan fingerprint density at radius 1 is 0.330 bits per heavy atom. The van der Waals surface area contributed by atoms with Crippen LogP contribution in [0.25, 0.3) is 10.6 Å². The summed E-state index contributed by atoms with van der Waals surface area (Å²) in [6, 6.07) is 117. The monoisotopic (exact) mass is 1740 g/mol. The van der Waals surface area contributed by atoms with Crippen molar-refractivity contribution in [3.05, 3.63) is 409 Å². The van der Waals surface area contributed by atoms with Crippen LogP contribution in [0.4, 0.5) is 103 Å². The van der Waals surface area contributed by atoms with Crippen LogP contribution in [-0.2, 0) is 42.1 Å². The van der Waals surface area contributed by atoms with Crippen molar-refractivity contribution in [1.82, 2.24) is 9.97 Å². The van der Waals surface area contributed by atoms with Gasteiger partial charge in [-0.3, -0.25) is 0 Å². The third-order valence-electron chi connectivity index (χ3n) is 17.2. The Morgan fingerprint density at radius 2 is 0.623 bits per heavy atom. The van der Waals surface area contributed by atoms with E-state index in [-0.39, 0.29) is 42.1 Å². The predicted octanol–water partition coefficient (Wildman–Crippen LogP) is 25.5. The van der Waals surface area contributed by atoms with Crippen LogP contribution in [0.3, 0.4) is 0 Å². The molecule has 14 heteroatoms. The number of benzene rings is 12. The van der Waals surface area contributed by atoms with E-state index in [0.29, 0.717) is 0 Å². The molecule has 4 heterocycles. The molecule has 0 aliphatic carbocycles. The van der Waals surface area contributed by atoms with Crippen molar-refractivity contribution in [3.8, 4) is 0 Å². The topological polar surface area (TPSA) is 98.1 Å². The quantitative estimate of drug-likeness (QED) is 0.0536. The molecule has 2 aliphatic rings. The maximum atomic E-state index is 4.78. The Bertz CT molecular complexity index is 4690. The maximum absolute atomic E-state index is 4.78. The van der Waals surface area contributed by atoms with Crippen molar-refractivity contribution in [1.29, 1.82) is 0 Å². The van der Waals surface area contributed by atoms with Crippen LogP contribution >= 0.6 is 0 Å². The number of rotatable bonds is 16. The van der Waals surface area contributed by atoms with Crippen LogP contribution in [0.15, 0.2) is 350 Å². The third-order valence-corrected chi connectivity index (χ3v) is 17.2. The zero-order valence-corrected chi connectivity index (χ0v) is 64.2. The van der Waals surface area contributed by atoms with Crippen LogP contribution in [0.2, 0.25) is 0 Å². The molecule has 106 heavy (non-hydrogen) atoms. The molecule has 0 bridgehead atoms. The van der Waals surface area contributed by atoms with Gasteiger partial charge in [0.05, 0.1) is 11.4 Å². The summed E-state index contributed by atoms with van der Waals surface area (Å²) in [6.07, 6.45) is 6.85. The second-order valence-corrected chi connectivity index (χ2v) is 24.9. The van der Waals surface area contributed by atoms with E-state index < -0.39 is 0 Å². The van der Waals surface area contributed by atoms with Gasteiger partial charge in [-0.15, -0.1) is 49.0 Å². The fourth-order valence-electron chi connectivity index (χ4n) is 12.8. The molecule has 0 amide bonds. The van der Waals surface area contributed by atoms with Crippen LogP contribution in [0.1, 0.15) is 33.4 Å². The van der Waals surface area contributed by atoms with Gasteiger partial charge in [-0.25, -0.2) is 9.97 Å². The molecule has 12 nitrogen and oxygen atoms in total. The second-order valence-electron chi connectivity index (χ2n) is 24.9. The molecule has 0 spiro atoms. The number of pyridine rings is 2. The van der Waals surface area contributed by atoms with Gasteiger partial charge in [-0.05, 0) is 159 Å². The Hall–Kier alpha value is -11.9. The molecule has 2 aliphatic heterocycles. The Labute approximate surface area is 652 Å². The summed E-state index contributed by atoms with van der Waals surface area (Å²) in [5, 5.41) is 8.42. The summed E-state index contributed by atoms with van der Waals surface area (Å²) in [5.41, 5.74) is 24.0. The fourth-order valence-corrected chi connectivity index (χ4v) is 12.8. The minimum atomic E-state index is 0. The summed E-state index contributed by atoms with van der Waals surface area (Å²) in [6.45, 7) is 17.2. The molecule has 0 saturated carbocycles. The molecular formula is C92H78N12Pt2-6. The van der Waals surface area contributed by atoms with Crippen LogP contribution in [-0.4, -0.2) is 22.6 Å². The first kappa shape index (κ1) is 75.2. The third kappa shape index (κ3) is 18.7. The van der Waals surface area contributed by atoms with E-state index in [4.69, 9.17) is 9.97 Å². The molecule has 0 radical (unpaired) electrons. The number of para-hydroxylation sites is 8. The Kier molecular flexibility index (Phi) is 26.2. The normalized spacial score (nSPS) is 11.7. The minimum Gasteiger partial charge on any atom is -0.478 e.